The van der Waals surface area contributed by atoms with E-state index in [0.717, 1.165) is 23.2 Å². The molecule has 1 saturated carbocycles. The largest absolute Gasteiger partial charge is 0.465 e. The van der Waals surface area contributed by atoms with Gasteiger partial charge in [0.05, 0.1) is 6.54 Å². The van der Waals surface area contributed by atoms with Crippen LogP contribution < -0.4 is 10.1 Å². The van der Waals surface area contributed by atoms with Gasteiger partial charge in [-0.05, 0) is 31.6 Å². The number of nitrogens with zero attached hydrogens (tertiary/aromatic N) is 2. The predicted molar refractivity (Wildman–Crippen MR) is 78.5 cm³/mol. The normalized spacial score (nSPS) is 23.8. The smallest absolute Gasteiger partial charge is 0.294 e. The summed E-state index contributed by atoms with van der Waals surface area (Å²) in [5.74, 6) is 0.690. The van der Waals surface area contributed by atoms with Crippen molar-refractivity contribution < 1.29 is 4.74 Å². The Balaban J connectivity index is 1.88. The highest BCUT2D eigenvalue weighted by Crippen LogP contribution is 2.31. The molecular weight excluding hydrogens is 258 g/mol. The van der Waals surface area contributed by atoms with Gasteiger partial charge in [-0.15, -0.1) is 5.10 Å². The molecule has 1 N–H and O–H groups in total. The van der Waals surface area contributed by atoms with Crippen molar-refractivity contribution >= 4 is 11.3 Å². The lowest BCUT2D eigenvalue weighted by Gasteiger charge is -2.29. The van der Waals surface area contributed by atoms with Gasteiger partial charge in [-0.1, -0.05) is 43.6 Å². The van der Waals surface area contributed by atoms with Crippen LogP contribution in [0, 0.1) is 5.92 Å². The molecule has 0 saturated heterocycles. The number of rotatable bonds is 6. The van der Waals surface area contributed by atoms with E-state index in [1.807, 2.05) is 0 Å². The molecule has 1 heterocycles. The van der Waals surface area contributed by atoms with Crippen molar-refractivity contribution in [2.45, 2.75) is 71.6 Å². The fourth-order valence-electron chi connectivity index (χ4n) is 2.57. The second-order valence-electron chi connectivity index (χ2n) is 5.61. The summed E-state index contributed by atoms with van der Waals surface area (Å²) < 4.78 is 6.06. The van der Waals surface area contributed by atoms with E-state index in [1.54, 1.807) is 11.3 Å². The third-order valence-electron chi connectivity index (χ3n) is 3.73. The Kier molecular flexibility index (Phi) is 5.58. The van der Waals surface area contributed by atoms with E-state index in [2.05, 4.69) is 36.3 Å². The second-order valence-corrected chi connectivity index (χ2v) is 6.63. The van der Waals surface area contributed by atoms with Crippen LogP contribution in [0.3, 0.4) is 0 Å². The monoisotopic (exact) mass is 283 g/mol. The van der Waals surface area contributed by atoms with Crippen LogP contribution in [-0.4, -0.2) is 22.3 Å². The highest BCUT2D eigenvalue weighted by molar-refractivity contribution is 7.13. The van der Waals surface area contributed by atoms with Crippen molar-refractivity contribution in [1.82, 2.24) is 15.5 Å². The summed E-state index contributed by atoms with van der Waals surface area (Å²) >= 11 is 1.57. The molecule has 0 amide bonds. The summed E-state index contributed by atoms with van der Waals surface area (Å²) in [6.45, 7) is 7.30. The van der Waals surface area contributed by atoms with Crippen molar-refractivity contribution in [3.05, 3.63) is 5.01 Å². The van der Waals surface area contributed by atoms with E-state index in [4.69, 9.17) is 4.74 Å². The van der Waals surface area contributed by atoms with E-state index in [-0.39, 0.29) is 0 Å². The highest BCUT2D eigenvalue weighted by Gasteiger charge is 2.26. The Labute approximate surface area is 120 Å². The van der Waals surface area contributed by atoms with Gasteiger partial charge in [0.1, 0.15) is 11.1 Å². The molecule has 1 aliphatic carbocycles. The summed E-state index contributed by atoms with van der Waals surface area (Å²) in [5, 5.41) is 13.4. The number of aromatic nitrogens is 2. The van der Waals surface area contributed by atoms with Crippen molar-refractivity contribution in [3.8, 4) is 5.19 Å². The first-order chi connectivity index (χ1) is 9.19. The summed E-state index contributed by atoms with van der Waals surface area (Å²) in [6.07, 6.45) is 6.63. The van der Waals surface area contributed by atoms with E-state index < -0.39 is 0 Å². The Morgan fingerprint density at radius 3 is 2.84 bits per heavy atom. The lowest BCUT2D eigenvalue weighted by molar-refractivity contribution is 0.0893. The summed E-state index contributed by atoms with van der Waals surface area (Å²) in [7, 11) is 0. The van der Waals surface area contributed by atoms with E-state index >= 15 is 0 Å². The Morgan fingerprint density at radius 1 is 1.32 bits per heavy atom. The molecule has 1 fully saturated rings. The number of hydrogen-bond donors (Lipinski definition) is 1. The van der Waals surface area contributed by atoms with Gasteiger partial charge < -0.3 is 10.1 Å². The van der Waals surface area contributed by atoms with Gasteiger partial charge in [0.2, 0.25) is 0 Å². The minimum atomic E-state index is 0.345. The third kappa shape index (κ3) is 4.42. The van der Waals surface area contributed by atoms with Gasteiger partial charge in [-0.25, -0.2) is 0 Å². The molecule has 19 heavy (non-hydrogen) atoms. The number of nitrogens with one attached hydrogen (secondary N) is 1. The van der Waals surface area contributed by atoms with Crippen molar-refractivity contribution in [2.75, 3.05) is 0 Å². The van der Waals surface area contributed by atoms with Gasteiger partial charge in [0.15, 0.2) is 0 Å². The van der Waals surface area contributed by atoms with Crippen LogP contribution in [0.15, 0.2) is 0 Å². The SMILES string of the molecule is CCC1CCCCC1Oc1nnc(CNC(C)C)s1. The van der Waals surface area contributed by atoms with Gasteiger partial charge >= 0.3 is 0 Å². The third-order valence-corrected chi connectivity index (χ3v) is 4.54. The van der Waals surface area contributed by atoms with Gasteiger partial charge in [-0.2, -0.15) is 0 Å². The summed E-state index contributed by atoms with van der Waals surface area (Å²) in [6, 6.07) is 0.469. The zero-order valence-electron chi connectivity index (χ0n) is 12.2. The fourth-order valence-corrected chi connectivity index (χ4v) is 3.27. The molecule has 0 aromatic carbocycles. The molecule has 0 spiro atoms. The molecular formula is C14H25N3OS. The van der Waals surface area contributed by atoms with Crippen molar-refractivity contribution in [2.24, 2.45) is 5.92 Å². The Hall–Kier alpha value is -0.680. The van der Waals surface area contributed by atoms with Crippen LogP contribution >= 0.6 is 11.3 Å². The minimum absolute atomic E-state index is 0.345. The Bertz CT molecular complexity index is 381. The molecule has 2 atom stereocenters. The molecule has 0 radical (unpaired) electrons. The van der Waals surface area contributed by atoms with Crippen LogP contribution in [-0.2, 0) is 6.54 Å². The van der Waals surface area contributed by atoms with Crippen LogP contribution in [0.5, 0.6) is 5.19 Å². The van der Waals surface area contributed by atoms with Crippen molar-refractivity contribution in [3.63, 3.8) is 0 Å². The molecule has 2 rings (SSSR count). The first-order valence-corrected chi connectivity index (χ1v) is 8.23. The van der Waals surface area contributed by atoms with Crippen molar-refractivity contribution in [1.29, 1.82) is 0 Å². The van der Waals surface area contributed by atoms with Gasteiger partial charge in [0, 0.05) is 6.04 Å². The van der Waals surface area contributed by atoms with Crippen LogP contribution in [0.1, 0.15) is 57.9 Å². The zero-order chi connectivity index (χ0) is 13.7. The van der Waals surface area contributed by atoms with Crippen LogP contribution in [0.25, 0.3) is 0 Å². The molecule has 2 unspecified atom stereocenters. The maximum atomic E-state index is 6.06. The fraction of sp³-hybridized carbons (Fsp3) is 0.857. The second kappa shape index (κ2) is 7.20. The maximum Gasteiger partial charge on any atom is 0.294 e. The zero-order valence-corrected chi connectivity index (χ0v) is 13.0. The van der Waals surface area contributed by atoms with Crippen LogP contribution in [0.4, 0.5) is 0 Å². The summed E-state index contributed by atoms with van der Waals surface area (Å²) in [5.41, 5.74) is 0. The number of hydrogen-bond acceptors (Lipinski definition) is 5. The molecule has 5 heteroatoms. The van der Waals surface area contributed by atoms with Crippen LogP contribution in [0.2, 0.25) is 0 Å². The average Bonchev–Trinajstić information content (AvgIpc) is 2.85. The average molecular weight is 283 g/mol. The first kappa shape index (κ1) is 14.7. The molecule has 0 bridgehead atoms. The molecule has 108 valence electrons. The molecule has 0 aliphatic heterocycles. The lowest BCUT2D eigenvalue weighted by atomic mass is 9.85. The lowest BCUT2D eigenvalue weighted by Crippen LogP contribution is -2.29. The first-order valence-electron chi connectivity index (χ1n) is 7.41. The van der Waals surface area contributed by atoms with Gasteiger partial charge in [-0.3, -0.25) is 0 Å². The Morgan fingerprint density at radius 2 is 2.11 bits per heavy atom. The maximum absolute atomic E-state index is 6.06. The molecule has 1 aliphatic rings. The van der Waals surface area contributed by atoms with Gasteiger partial charge in [0.25, 0.3) is 5.19 Å². The minimum Gasteiger partial charge on any atom is -0.465 e. The predicted octanol–water partition coefficient (Wildman–Crippen LogP) is 3.38. The topological polar surface area (TPSA) is 47.0 Å². The molecule has 1 aromatic rings. The van der Waals surface area contributed by atoms with E-state index in [0.29, 0.717) is 18.1 Å². The quantitative estimate of drug-likeness (QED) is 0.869. The summed E-state index contributed by atoms with van der Waals surface area (Å²) in [4.78, 5) is 0. The standard InChI is InChI=1S/C14H25N3OS/c1-4-11-7-5-6-8-12(11)18-14-17-16-13(19-14)9-15-10(2)3/h10-12,15H,4-9H2,1-3H3. The highest BCUT2D eigenvalue weighted by atomic mass is 32.1. The molecule has 4 nitrogen and oxygen atoms in total. The number of ether oxygens (including phenoxy) is 1. The molecule has 1 aromatic heterocycles. The van der Waals surface area contributed by atoms with E-state index in [1.165, 1.54) is 25.7 Å². The van der Waals surface area contributed by atoms with E-state index in [9.17, 15) is 0 Å².